The maximum absolute atomic E-state index is 11.9. The van der Waals surface area contributed by atoms with Gasteiger partial charge in [-0.1, -0.05) is 11.6 Å². The van der Waals surface area contributed by atoms with Crippen molar-refractivity contribution in [3.05, 3.63) is 33.1 Å². The summed E-state index contributed by atoms with van der Waals surface area (Å²) in [5.41, 5.74) is -0.469. The van der Waals surface area contributed by atoms with Gasteiger partial charge in [0.05, 0.1) is 11.5 Å². The first-order chi connectivity index (χ1) is 9.58. The number of nitrogens with one attached hydrogen (secondary N) is 1. The van der Waals surface area contributed by atoms with Crippen LogP contribution in [0.4, 0.5) is 5.69 Å². The van der Waals surface area contributed by atoms with Gasteiger partial charge in [0.25, 0.3) is 11.6 Å². The van der Waals surface area contributed by atoms with E-state index in [4.69, 9.17) is 16.3 Å². The Labute approximate surface area is 120 Å². The molecule has 1 aromatic heterocycles. The number of nitro groups is 1. The van der Waals surface area contributed by atoms with Crippen molar-refractivity contribution >= 4 is 23.2 Å². The smallest absolute Gasteiger partial charge is 0.300 e. The van der Waals surface area contributed by atoms with E-state index in [2.05, 4.69) is 10.3 Å². The number of nitrogens with zero attached hydrogens (tertiary/aromatic N) is 2. The third-order valence-electron chi connectivity index (χ3n) is 2.87. The maximum Gasteiger partial charge on any atom is 0.300 e. The zero-order valence-electron chi connectivity index (χ0n) is 10.7. The lowest BCUT2D eigenvalue weighted by Gasteiger charge is -2.06. The Morgan fingerprint density at radius 2 is 2.35 bits per heavy atom. The largest absolute Gasteiger partial charge is 0.379 e. The van der Waals surface area contributed by atoms with Gasteiger partial charge in [0.2, 0.25) is 0 Å². The van der Waals surface area contributed by atoms with E-state index in [9.17, 15) is 14.9 Å². The van der Waals surface area contributed by atoms with Crippen LogP contribution < -0.4 is 5.32 Å². The van der Waals surface area contributed by atoms with Crippen LogP contribution in [-0.2, 0) is 4.74 Å². The number of hydrogen-bond acceptors (Lipinski definition) is 5. The molecule has 0 radical (unpaired) electrons. The highest BCUT2D eigenvalue weighted by molar-refractivity contribution is 6.29. The van der Waals surface area contributed by atoms with Gasteiger partial charge >= 0.3 is 0 Å². The third-order valence-corrected chi connectivity index (χ3v) is 3.08. The number of ether oxygens (including phenoxy) is 1. The van der Waals surface area contributed by atoms with Gasteiger partial charge < -0.3 is 10.1 Å². The summed E-state index contributed by atoms with van der Waals surface area (Å²) in [5.74, 6) is 0.0989. The molecule has 1 saturated carbocycles. The number of aromatic nitrogens is 1. The monoisotopic (exact) mass is 299 g/mol. The van der Waals surface area contributed by atoms with Crippen molar-refractivity contribution in [2.75, 3.05) is 19.8 Å². The molecular formula is C12H14ClN3O4. The Hall–Kier alpha value is -1.73. The van der Waals surface area contributed by atoms with Crippen LogP contribution in [0, 0.1) is 16.0 Å². The Bertz CT molecular complexity index is 519. The van der Waals surface area contributed by atoms with E-state index in [0.717, 1.165) is 6.20 Å². The highest BCUT2D eigenvalue weighted by atomic mass is 35.5. The minimum atomic E-state index is -0.665. The number of pyridine rings is 1. The summed E-state index contributed by atoms with van der Waals surface area (Å²) in [4.78, 5) is 25.6. The number of carbonyl (C=O) groups is 1. The van der Waals surface area contributed by atoms with Crippen molar-refractivity contribution in [1.29, 1.82) is 0 Å². The van der Waals surface area contributed by atoms with Crippen molar-refractivity contribution in [3.8, 4) is 0 Å². The molecule has 2 rings (SSSR count). The molecule has 0 unspecified atom stereocenters. The van der Waals surface area contributed by atoms with Crippen LogP contribution in [0.25, 0.3) is 0 Å². The second-order valence-corrected chi connectivity index (χ2v) is 4.94. The molecule has 1 heterocycles. The van der Waals surface area contributed by atoms with Crippen molar-refractivity contribution in [2.45, 2.75) is 12.8 Å². The second-order valence-electron chi connectivity index (χ2n) is 4.56. The molecule has 0 aromatic carbocycles. The Morgan fingerprint density at radius 1 is 1.60 bits per heavy atom. The third kappa shape index (κ3) is 4.14. The van der Waals surface area contributed by atoms with Crippen molar-refractivity contribution < 1.29 is 14.5 Å². The quantitative estimate of drug-likeness (QED) is 0.358. The summed E-state index contributed by atoms with van der Waals surface area (Å²) in [6.45, 7) is 1.38. The summed E-state index contributed by atoms with van der Waals surface area (Å²) in [5, 5.41) is 13.4. The summed E-state index contributed by atoms with van der Waals surface area (Å²) in [7, 11) is 0. The molecule has 1 fully saturated rings. The van der Waals surface area contributed by atoms with Gasteiger partial charge in [-0.2, -0.15) is 0 Å². The summed E-state index contributed by atoms with van der Waals surface area (Å²) >= 11 is 5.65. The standard InChI is InChI=1S/C12H14ClN3O4/c13-11-5-9(10(6-15-11)16(18)19)12(17)14-3-4-20-7-8-1-2-8/h5-6,8H,1-4,7H2,(H,14,17). The summed E-state index contributed by atoms with van der Waals surface area (Å²) in [6.07, 6.45) is 3.38. The van der Waals surface area contributed by atoms with Gasteiger partial charge in [-0.15, -0.1) is 0 Å². The SMILES string of the molecule is O=C(NCCOCC1CC1)c1cc(Cl)ncc1[N+](=O)[O-]. The first-order valence-corrected chi connectivity index (χ1v) is 6.61. The average Bonchev–Trinajstić information content (AvgIpc) is 3.21. The molecule has 1 N–H and O–H groups in total. The van der Waals surface area contributed by atoms with Crippen molar-refractivity contribution in [1.82, 2.24) is 10.3 Å². The Balaban J connectivity index is 1.87. The fourth-order valence-electron chi connectivity index (χ4n) is 1.62. The molecule has 0 atom stereocenters. The lowest BCUT2D eigenvalue weighted by atomic mass is 10.2. The zero-order valence-corrected chi connectivity index (χ0v) is 11.4. The fraction of sp³-hybridized carbons (Fsp3) is 0.500. The van der Waals surface area contributed by atoms with E-state index in [1.165, 1.54) is 18.9 Å². The van der Waals surface area contributed by atoms with Crippen molar-refractivity contribution in [2.24, 2.45) is 5.92 Å². The molecule has 7 nitrogen and oxygen atoms in total. The first-order valence-electron chi connectivity index (χ1n) is 6.24. The van der Waals surface area contributed by atoms with Crippen LogP contribution in [0.15, 0.2) is 12.3 Å². The molecule has 1 aromatic rings. The number of rotatable bonds is 7. The summed E-state index contributed by atoms with van der Waals surface area (Å²) in [6, 6.07) is 1.18. The molecule has 1 aliphatic rings. The zero-order chi connectivity index (χ0) is 14.5. The highest BCUT2D eigenvalue weighted by Gasteiger charge is 2.22. The molecular weight excluding hydrogens is 286 g/mol. The van der Waals surface area contributed by atoms with E-state index in [1.807, 2.05) is 0 Å². The molecule has 0 bridgehead atoms. The lowest BCUT2D eigenvalue weighted by molar-refractivity contribution is -0.385. The van der Waals surface area contributed by atoms with Gasteiger partial charge in [0.15, 0.2) is 0 Å². The molecule has 0 spiro atoms. The molecule has 108 valence electrons. The molecule has 0 saturated heterocycles. The van der Waals surface area contributed by atoms with Gasteiger partial charge in [-0.25, -0.2) is 4.98 Å². The normalized spacial score (nSPS) is 14.1. The van der Waals surface area contributed by atoms with E-state index in [1.54, 1.807) is 0 Å². The average molecular weight is 300 g/mol. The van der Waals surface area contributed by atoms with Gasteiger partial charge in [-0.3, -0.25) is 14.9 Å². The van der Waals surface area contributed by atoms with E-state index in [-0.39, 0.29) is 16.4 Å². The minimum absolute atomic E-state index is 0.0331. The van der Waals surface area contributed by atoms with Crippen LogP contribution in [0.3, 0.4) is 0 Å². The van der Waals surface area contributed by atoms with Crippen molar-refractivity contribution in [3.63, 3.8) is 0 Å². The molecule has 20 heavy (non-hydrogen) atoms. The van der Waals surface area contributed by atoms with Gasteiger partial charge in [0, 0.05) is 13.2 Å². The van der Waals surface area contributed by atoms with Gasteiger partial charge in [0.1, 0.15) is 16.9 Å². The van der Waals surface area contributed by atoms with E-state index < -0.39 is 10.8 Å². The second kappa shape index (κ2) is 6.62. The first kappa shape index (κ1) is 14.7. The van der Waals surface area contributed by atoms with Crippen LogP contribution in [0.1, 0.15) is 23.2 Å². The predicted molar refractivity (Wildman–Crippen MR) is 71.8 cm³/mol. The van der Waals surface area contributed by atoms with Gasteiger partial charge in [-0.05, 0) is 24.8 Å². The van der Waals surface area contributed by atoms with Crippen LogP contribution >= 0.6 is 11.6 Å². The number of carbonyl (C=O) groups excluding carboxylic acids is 1. The minimum Gasteiger partial charge on any atom is -0.379 e. The Morgan fingerprint density at radius 3 is 3.00 bits per heavy atom. The van der Waals surface area contributed by atoms with E-state index in [0.29, 0.717) is 25.7 Å². The van der Waals surface area contributed by atoms with Crippen LogP contribution in [0.5, 0.6) is 0 Å². The summed E-state index contributed by atoms with van der Waals surface area (Å²) < 4.78 is 5.36. The van der Waals surface area contributed by atoms with Crippen LogP contribution in [0.2, 0.25) is 5.15 Å². The number of amides is 1. The molecule has 1 aliphatic carbocycles. The lowest BCUT2D eigenvalue weighted by Crippen LogP contribution is -2.28. The Kier molecular flexibility index (Phi) is 4.86. The molecule has 8 heteroatoms. The van der Waals surface area contributed by atoms with Crippen LogP contribution in [-0.4, -0.2) is 35.6 Å². The topological polar surface area (TPSA) is 94.4 Å². The number of hydrogen-bond donors (Lipinski definition) is 1. The predicted octanol–water partition coefficient (Wildman–Crippen LogP) is 1.80. The fourth-order valence-corrected chi connectivity index (χ4v) is 1.77. The molecule has 0 aliphatic heterocycles. The number of halogens is 1. The maximum atomic E-state index is 11.9. The molecule has 1 amide bonds. The van der Waals surface area contributed by atoms with E-state index >= 15 is 0 Å². The highest BCUT2D eigenvalue weighted by Crippen LogP contribution is 2.28.